The summed E-state index contributed by atoms with van der Waals surface area (Å²) in [6.45, 7) is 4.31. The first kappa shape index (κ1) is 29.4. The Bertz CT molecular complexity index is 1330. The molecule has 0 radical (unpaired) electrons. The molecule has 7 unspecified atom stereocenters. The predicted molar refractivity (Wildman–Crippen MR) is 139 cm³/mol. The van der Waals surface area contributed by atoms with E-state index in [1.807, 2.05) is 0 Å². The number of nitrogens with zero attached hydrogens (tertiary/aromatic N) is 4. The molecule has 0 aliphatic carbocycles. The summed E-state index contributed by atoms with van der Waals surface area (Å²) in [4.78, 5) is 11.9. The van der Waals surface area contributed by atoms with Gasteiger partial charge in [-0.2, -0.15) is 9.97 Å². The van der Waals surface area contributed by atoms with Crippen LogP contribution in [0.25, 0.3) is 11.2 Å². The fourth-order valence-corrected chi connectivity index (χ4v) is 5.67. The first-order valence-electron chi connectivity index (χ1n) is 11.9. The van der Waals surface area contributed by atoms with Crippen molar-refractivity contribution in [1.82, 2.24) is 24.6 Å². The number of hydrogen-bond donors (Lipinski definition) is 5. The lowest BCUT2D eigenvalue weighted by Crippen LogP contribution is -2.41. The Balaban J connectivity index is 1.55. The van der Waals surface area contributed by atoms with Crippen molar-refractivity contribution in [1.29, 1.82) is 0 Å². The number of aromatic nitrogens is 4. The highest BCUT2D eigenvalue weighted by atomic mass is 35.5. The number of rotatable bonds is 11. The highest BCUT2D eigenvalue weighted by molar-refractivity contribution is 7.52. The van der Waals surface area contributed by atoms with Crippen LogP contribution < -0.4 is 21.1 Å². The number of ether oxygens (including phenoxy) is 2. The smallest absolute Gasteiger partial charge is 0.413 e. The molecule has 17 heteroatoms. The molecule has 39 heavy (non-hydrogen) atoms. The van der Waals surface area contributed by atoms with E-state index < -0.39 is 50.2 Å². The Kier molecular flexibility index (Phi) is 8.64. The predicted octanol–water partition coefficient (Wildman–Crippen LogP) is 2.08. The van der Waals surface area contributed by atoms with Crippen molar-refractivity contribution in [2.75, 3.05) is 18.1 Å². The molecule has 0 bridgehead atoms. The van der Waals surface area contributed by atoms with Gasteiger partial charge in [-0.05, 0) is 32.9 Å². The van der Waals surface area contributed by atoms with Crippen LogP contribution in [0.3, 0.4) is 0 Å². The van der Waals surface area contributed by atoms with Crippen molar-refractivity contribution in [2.24, 2.45) is 0 Å². The fourth-order valence-electron chi connectivity index (χ4n) is 3.83. The van der Waals surface area contributed by atoms with Gasteiger partial charge >= 0.3 is 7.75 Å². The van der Waals surface area contributed by atoms with E-state index >= 15 is 4.39 Å². The van der Waals surface area contributed by atoms with E-state index in [4.69, 9.17) is 41.6 Å². The third kappa shape index (κ3) is 6.42. The molecule has 0 saturated carbocycles. The van der Waals surface area contributed by atoms with Crippen molar-refractivity contribution in [2.45, 2.75) is 62.8 Å². The van der Waals surface area contributed by atoms with Crippen LogP contribution in [0.5, 0.6) is 5.75 Å². The number of hydrogen-bond acceptors (Lipinski definition) is 12. The van der Waals surface area contributed by atoms with E-state index in [1.54, 1.807) is 32.0 Å². The molecule has 214 valence electrons. The molecule has 3 aromatic rings. The minimum Gasteiger partial charge on any atom is -0.413 e. The van der Waals surface area contributed by atoms with Crippen LogP contribution in [0.15, 0.2) is 36.7 Å². The average Bonchev–Trinajstić information content (AvgIpc) is 3.36. The number of imidazole rings is 1. The van der Waals surface area contributed by atoms with Crippen LogP contribution in [0.2, 0.25) is 0 Å². The first-order chi connectivity index (χ1) is 18.3. The van der Waals surface area contributed by atoms with Gasteiger partial charge in [0.25, 0.3) is 5.13 Å². The fraction of sp³-hybridized carbons (Fsp3) is 0.500. The molecule has 1 aliphatic heterocycles. The summed E-state index contributed by atoms with van der Waals surface area (Å²) >= 11 is 6.09. The molecule has 1 aliphatic rings. The molecule has 1 aromatic carbocycles. The summed E-state index contributed by atoms with van der Waals surface area (Å²) in [5, 5.41) is 20.7. The van der Waals surface area contributed by atoms with E-state index in [-0.39, 0.29) is 34.8 Å². The monoisotopic (exact) mass is 589 g/mol. The van der Waals surface area contributed by atoms with Gasteiger partial charge in [0.1, 0.15) is 23.5 Å². The number of nitrogens with one attached hydrogen (secondary N) is 1. The van der Waals surface area contributed by atoms with Crippen LogP contribution in [-0.4, -0.2) is 72.1 Å². The Hall–Kier alpha value is -2.62. The normalized spacial score (nSPS) is 26.5. The number of aliphatic hydroxyl groups is 2. The number of aliphatic hydroxyl groups excluding tert-OH is 2. The molecule has 1 saturated heterocycles. The number of para-hydroxylation sites is 1. The summed E-state index contributed by atoms with van der Waals surface area (Å²) in [6, 6.07) is 7.18. The number of nitrogen functional groups attached to an aromatic ring is 2. The Morgan fingerprint density at radius 1 is 1.28 bits per heavy atom. The van der Waals surface area contributed by atoms with Crippen LogP contribution in [0.1, 0.15) is 27.0 Å². The standard InChI is InChI=1S/C22H30ClFN7O7P/c1-11(2)36-19(33)12(3)30-39(34,38-13-7-5-4-6-8-13)35-9-14-16(32)22(23,24)20(37-14)31-10-27-15-17(25)28-21(26)29-18(15)31/h4-8,10-12,14,16,19-20,32-33H,9H2,1-3H3,(H,30,34)(H4,25,26,28,29). The van der Waals surface area contributed by atoms with Gasteiger partial charge in [-0.1, -0.05) is 29.8 Å². The van der Waals surface area contributed by atoms with Gasteiger partial charge in [0.15, 0.2) is 24.0 Å². The molecule has 14 nitrogen and oxygen atoms in total. The van der Waals surface area contributed by atoms with Crippen molar-refractivity contribution in [3.63, 3.8) is 0 Å². The second-order valence-corrected chi connectivity index (χ2v) is 11.4. The molecule has 3 heterocycles. The number of benzene rings is 1. The van der Waals surface area contributed by atoms with E-state index in [2.05, 4.69) is 20.0 Å². The van der Waals surface area contributed by atoms with Gasteiger partial charge in [-0.3, -0.25) is 9.09 Å². The topological polar surface area (TPSA) is 202 Å². The maximum Gasteiger partial charge on any atom is 0.459 e. The van der Waals surface area contributed by atoms with Crippen molar-refractivity contribution >= 4 is 42.3 Å². The van der Waals surface area contributed by atoms with E-state index in [0.717, 1.165) is 10.9 Å². The molecule has 7 atom stereocenters. The summed E-state index contributed by atoms with van der Waals surface area (Å²) in [7, 11) is -4.27. The van der Waals surface area contributed by atoms with Gasteiger partial charge < -0.3 is 35.7 Å². The summed E-state index contributed by atoms with van der Waals surface area (Å²) < 4.78 is 52.6. The maximum absolute atomic E-state index is 15.6. The third-order valence-corrected chi connectivity index (χ3v) is 7.75. The van der Waals surface area contributed by atoms with Crippen LogP contribution in [0, 0.1) is 0 Å². The largest absolute Gasteiger partial charge is 0.459 e. The maximum atomic E-state index is 15.6. The zero-order valence-electron chi connectivity index (χ0n) is 21.2. The van der Waals surface area contributed by atoms with Crippen LogP contribution in [0.4, 0.5) is 16.2 Å². The molecule has 4 rings (SSSR count). The Labute approximate surface area is 228 Å². The SMILES string of the molecule is CC(C)OC(O)C(C)NP(=O)(OCC1OC(n2cnc3c(N)nc(N)nc32)C(F)(Cl)C1O)Oc1ccccc1. The molecule has 0 amide bonds. The zero-order valence-corrected chi connectivity index (χ0v) is 22.9. The Morgan fingerprint density at radius 3 is 2.64 bits per heavy atom. The number of anilines is 2. The van der Waals surface area contributed by atoms with Gasteiger partial charge in [0, 0.05) is 0 Å². The minimum absolute atomic E-state index is 0.0224. The average molecular weight is 590 g/mol. The molecule has 2 aromatic heterocycles. The number of fused-ring (bicyclic) bond motifs is 1. The zero-order chi connectivity index (χ0) is 28.5. The third-order valence-electron chi connectivity index (χ3n) is 5.68. The highest BCUT2D eigenvalue weighted by Crippen LogP contribution is 2.49. The highest BCUT2D eigenvalue weighted by Gasteiger charge is 2.58. The number of halogens is 2. The number of alkyl halides is 2. The lowest BCUT2D eigenvalue weighted by atomic mass is 10.1. The Morgan fingerprint density at radius 2 is 1.97 bits per heavy atom. The lowest BCUT2D eigenvalue weighted by Gasteiger charge is -2.28. The van der Waals surface area contributed by atoms with Crippen LogP contribution >= 0.6 is 19.3 Å². The number of nitrogens with two attached hydrogens (primary N) is 2. The second-order valence-electron chi connectivity index (χ2n) is 9.13. The molecular weight excluding hydrogens is 560 g/mol. The molecule has 1 fully saturated rings. The lowest BCUT2D eigenvalue weighted by molar-refractivity contribution is -0.138. The summed E-state index contributed by atoms with van der Waals surface area (Å²) in [5.41, 5.74) is 11.6. The van der Waals surface area contributed by atoms with Crippen molar-refractivity contribution in [3.8, 4) is 5.75 Å². The van der Waals surface area contributed by atoms with Gasteiger partial charge in [-0.25, -0.2) is 19.0 Å². The van der Waals surface area contributed by atoms with Gasteiger partial charge in [0.2, 0.25) is 5.95 Å². The summed E-state index contributed by atoms with van der Waals surface area (Å²) in [5.74, 6) is -0.0546. The quantitative estimate of drug-likeness (QED) is 0.124. The minimum atomic E-state index is -4.27. The van der Waals surface area contributed by atoms with Crippen molar-refractivity contribution < 1.29 is 37.7 Å². The second kappa shape index (κ2) is 11.5. The molecular formula is C22H30ClFN7O7P. The van der Waals surface area contributed by atoms with E-state index in [1.165, 1.54) is 19.1 Å². The van der Waals surface area contributed by atoms with Crippen molar-refractivity contribution in [3.05, 3.63) is 36.7 Å². The van der Waals surface area contributed by atoms with Gasteiger partial charge in [0.05, 0.1) is 25.1 Å². The molecule has 0 spiro atoms. The van der Waals surface area contributed by atoms with E-state index in [0.29, 0.717) is 0 Å². The van der Waals surface area contributed by atoms with E-state index in [9.17, 15) is 14.8 Å². The summed E-state index contributed by atoms with van der Waals surface area (Å²) in [6.07, 6.45) is -5.55. The first-order valence-corrected chi connectivity index (χ1v) is 13.8. The molecule has 7 N–H and O–H groups in total. The van der Waals surface area contributed by atoms with Crippen LogP contribution in [-0.2, 0) is 18.6 Å². The van der Waals surface area contributed by atoms with Gasteiger partial charge in [-0.15, -0.1) is 0 Å².